The predicted octanol–water partition coefficient (Wildman–Crippen LogP) is 4.75. The number of hydrogen-bond donors (Lipinski definition) is 0. The standard InChI is InChI=1S/C24H30N4O3/c1-3-4-5-6-7-20-8-11-22(12-9-20)30-14-15-31-23-13-10-21(16-24(23)29-2)17-27-28-18-25-26-19-28/h8-13,16-19H,3-7,14-15H2,1-2H3/b27-17-. The lowest BCUT2D eigenvalue weighted by Gasteiger charge is -2.12. The van der Waals surface area contributed by atoms with E-state index in [1.807, 2.05) is 30.3 Å². The molecular weight excluding hydrogens is 392 g/mol. The average molecular weight is 423 g/mol. The van der Waals surface area contributed by atoms with E-state index >= 15 is 0 Å². The lowest BCUT2D eigenvalue weighted by atomic mass is 10.1. The number of ether oxygens (including phenoxy) is 3. The molecule has 0 aliphatic rings. The van der Waals surface area contributed by atoms with E-state index in [9.17, 15) is 0 Å². The number of unbranched alkanes of at least 4 members (excludes halogenated alkanes) is 3. The summed E-state index contributed by atoms with van der Waals surface area (Å²) in [5.41, 5.74) is 2.24. The van der Waals surface area contributed by atoms with Crippen LogP contribution in [0.2, 0.25) is 0 Å². The monoisotopic (exact) mass is 422 g/mol. The van der Waals surface area contributed by atoms with Crippen LogP contribution < -0.4 is 14.2 Å². The first-order valence-corrected chi connectivity index (χ1v) is 10.7. The van der Waals surface area contributed by atoms with Gasteiger partial charge in [-0.25, -0.2) is 4.68 Å². The number of aryl methyl sites for hydroxylation is 1. The van der Waals surface area contributed by atoms with Gasteiger partial charge in [0.15, 0.2) is 11.5 Å². The highest BCUT2D eigenvalue weighted by Crippen LogP contribution is 2.27. The molecule has 7 nitrogen and oxygen atoms in total. The number of aromatic nitrogens is 3. The molecule has 0 radical (unpaired) electrons. The number of nitrogens with zero attached hydrogens (tertiary/aromatic N) is 4. The van der Waals surface area contributed by atoms with Crippen molar-refractivity contribution in [2.75, 3.05) is 20.3 Å². The summed E-state index contributed by atoms with van der Waals surface area (Å²) >= 11 is 0. The van der Waals surface area contributed by atoms with Gasteiger partial charge in [0.05, 0.1) is 13.3 Å². The minimum absolute atomic E-state index is 0.420. The molecule has 0 spiro atoms. The molecule has 0 amide bonds. The molecule has 0 saturated carbocycles. The van der Waals surface area contributed by atoms with Crippen molar-refractivity contribution in [2.45, 2.75) is 39.0 Å². The van der Waals surface area contributed by atoms with E-state index in [0.29, 0.717) is 24.7 Å². The van der Waals surface area contributed by atoms with Crippen LogP contribution in [0.15, 0.2) is 60.2 Å². The van der Waals surface area contributed by atoms with E-state index < -0.39 is 0 Å². The van der Waals surface area contributed by atoms with E-state index in [4.69, 9.17) is 14.2 Å². The zero-order valence-electron chi connectivity index (χ0n) is 18.2. The number of benzene rings is 2. The lowest BCUT2D eigenvalue weighted by Crippen LogP contribution is -2.09. The molecule has 3 aromatic rings. The largest absolute Gasteiger partial charge is 0.493 e. The highest BCUT2D eigenvalue weighted by Gasteiger charge is 2.05. The zero-order valence-corrected chi connectivity index (χ0v) is 18.2. The van der Waals surface area contributed by atoms with Crippen LogP contribution in [0.4, 0.5) is 0 Å². The van der Waals surface area contributed by atoms with Crippen LogP contribution in [0, 0.1) is 0 Å². The molecule has 2 aromatic carbocycles. The Morgan fingerprint density at radius 2 is 1.68 bits per heavy atom. The molecule has 0 aliphatic carbocycles. The summed E-state index contributed by atoms with van der Waals surface area (Å²) in [5.74, 6) is 2.16. The summed E-state index contributed by atoms with van der Waals surface area (Å²) < 4.78 is 18.6. The van der Waals surface area contributed by atoms with E-state index in [2.05, 4.69) is 34.4 Å². The van der Waals surface area contributed by atoms with Crippen LogP contribution in [0.25, 0.3) is 0 Å². The van der Waals surface area contributed by atoms with Gasteiger partial charge in [-0.05, 0) is 54.3 Å². The van der Waals surface area contributed by atoms with Gasteiger partial charge in [-0.1, -0.05) is 38.3 Å². The van der Waals surface area contributed by atoms with Gasteiger partial charge in [-0.15, -0.1) is 10.2 Å². The molecule has 0 fully saturated rings. The maximum absolute atomic E-state index is 5.84. The molecule has 0 aliphatic heterocycles. The van der Waals surface area contributed by atoms with Gasteiger partial charge >= 0.3 is 0 Å². The van der Waals surface area contributed by atoms with Gasteiger partial charge in [0.1, 0.15) is 31.6 Å². The van der Waals surface area contributed by atoms with Crippen LogP contribution in [-0.4, -0.2) is 41.4 Å². The van der Waals surface area contributed by atoms with Gasteiger partial charge in [-0.2, -0.15) is 5.10 Å². The molecule has 0 unspecified atom stereocenters. The highest BCUT2D eigenvalue weighted by molar-refractivity contribution is 5.80. The summed E-state index contributed by atoms with van der Waals surface area (Å²) in [7, 11) is 1.61. The molecule has 7 heteroatoms. The Morgan fingerprint density at radius 1 is 0.903 bits per heavy atom. The lowest BCUT2D eigenvalue weighted by molar-refractivity contribution is 0.211. The maximum Gasteiger partial charge on any atom is 0.161 e. The Morgan fingerprint density at radius 3 is 2.42 bits per heavy atom. The molecule has 0 N–H and O–H groups in total. The Labute approximate surface area is 183 Å². The second kappa shape index (κ2) is 12.4. The third kappa shape index (κ3) is 7.44. The molecule has 0 atom stereocenters. The molecule has 31 heavy (non-hydrogen) atoms. The molecule has 3 rings (SSSR count). The Kier molecular flexibility index (Phi) is 8.91. The van der Waals surface area contributed by atoms with Crippen LogP contribution >= 0.6 is 0 Å². The highest BCUT2D eigenvalue weighted by atomic mass is 16.5. The first-order chi connectivity index (χ1) is 15.3. The first-order valence-electron chi connectivity index (χ1n) is 10.7. The van der Waals surface area contributed by atoms with Crippen LogP contribution in [0.3, 0.4) is 0 Å². The minimum Gasteiger partial charge on any atom is -0.493 e. The number of methoxy groups -OCH3 is 1. The van der Waals surface area contributed by atoms with Crippen molar-refractivity contribution in [2.24, 2.45) is 5.10 Å². The van der Waals surface area contributed by atoms with E-state index in [0.717, 1.165) is 17.7 Å². The second-order valence-corrected chi connectivity index (χ2v) is 7.15. The fourth-order valence-electron chi connectivity index (χ4n) is 3.09. The quantitative estimate of drug-likeness (QED) is 0.294. The Balaban J connectivity index is 1.43. The summed E-state index contributed by atoms with van der Waals surface area (Å²) in [5, 5.41) is 11.7. The van der Waals surface area contributed by atoms with Crippen molar-refractivity contribution in [1.82, 2.24) is 14.9 Å². The van der Waals surface area contributed by atoms with Crippen LogP contribution in [0.1, 0.15) is 43.7 Å². The minimum atomic E-state index is 0.420. The summed E-state index contributed by atoms with van der Waals surface area (Å²) in [6, 6.07) is 14.0. The van der Waals surface area contributed by atoms with Crippen LogP contribution in [-0.2, 0) is 6.42 Å². The van der Waals surface area contributed by atoms with E-state index in [1.54, 1.807) is 13.3 Å². The van der Waals surface area contributed by atoms with E-state index in [-0.39, 0.29) is 0 Å². The van der Waals surface area contributed by atoms with Crippen molar-refractivity contribution < 1.29 is 14.2 Å². The predicted molar refractivity (Wildman–Crippen MR) is 121 cm³/mol. The fraction of sp³-hybridized carbons (Fsp3) is 0.375. The van der Waals surface area contributed by atoms with Crippen molar-refractivity contribution in [3.8, 4) is 17.2 Å². The summed E-state index contributed by atoms with van der Waals surface area (Å²) in [4.78, 5) is 0. The molecule has 0 saturated heterocycles. The molecular formula is C24H30N4O3. The van der Waals surface area contributed by atoms with Crippen LogP contribution in [0.5, 0.6) is 17.2 Å². The number of hydrogen-bond acceptors (Lipinski definition) is 6. The fourth-order valence-corrected chi connectivity index (χ4v) is 3.09. The zero-order chi connectivity index (χ0) is 21.7. The first kappa shape index (κ1) is 22.3. The van der Waals surface area contributed by atoms with Crippen molar-refractivity contribution in [3.05, 3.63) is 66.2 Å². The summed E-state index contributed by atoms with van der Waals surface area (Å²) in [6.45, 7) is 3.11. The topological polar surface area (TPSA) is 70.8 Å². The van der Waals surface area contributed by atoms with Gasteiger partial charge in [0.25, 0.3) is 0 Å². The number of rotatable bonds is 13. The molecule has 0 bridgehead atoms. The Bertz CT molecular complexity index is 925. The third-order valence-corrected chi connectivity index (χ3v) is 4.79. The van der Waals surface area contributed by atoms with E-state index in [1.165, 1.54) is 48.6 Å². The second-order valence-electron chi connectivity index (χ2n) is 7.15. The van der Waals surface area contributed by atoms with Gasteiger partial charge in [0, 0.05) is 0 Å². The average Bonchev–Trinajstić information content (AvgIpc) is 3.33. The van der Waals surface area contributed by atoms with Gasteiger partial charge in [0.2, 0.25) is 0 Å². The molecule has 164 valence electrons. The SMILES string of the molecule is CCCCCCc1ccc(OCCOc2ccc(/C=N\n3cnnc3)cc2OC)cc1. The van der Waals surface area contributed by atoms with Crippen molar-refractivity contribution >= 4 is 6.21 Å². The molecule has 1 aromatic heterocycles. The third-order valence-electron chi connectivity index (χ3n) is 4.79. The van der Waals surface area contributed by atoms with Crippen molar-refractivity contribution in [1.29, 1.82) is 0 Å². The summed E-state index contributed by atoms with van der Waals surface area (Å²) in [6.07, 6.45) is 11.0. The smallest absolute Gasteiger partial charge is 0.161 e. The van der Waals surface area contributed by atoms with Gasteiger partial charge in [-0.3, -0.25) is 0 Å². The maximum atomic E-state index is 5.84. The van der Waals surface area contributed by atoms with Gasteiger partial charge < -0.3 is 14.2 Å². The normalized spacial score (nSPS) is 11.0. The molecule has 1 heterocycles. The Hall–Kier alpha value is -3.35. The van der Waals surface area contributed by atoms with Crippen molar-refractivity contribution in [3.63, 3.8) is 0 Å².